The van der Waals surface area contributed by atoms with E-state index in [0.717, 1.165) is 26.2 Å². The summed E-state index contributed by atoms with van der Waals surface area (Å²) in [5.41, 5.74) is 0. The first-order valence-corrected chi connectivity index (χ1v) is 9.05. The molecule has 1 aliphatic rings. The number of aryl methyl sites for hydroxylation is 1. The highest BCUT2D eigenvalue weighted by Gasteiger charge is 2.26. The molecule has 0 spiro atoms. The van der Waals surface area contributed by atoms with E-state index >= 15 is 0 Å². The number of thiophene rings is 1. The number of piperazine rings is 1. The third kappa shape index (κ3) is 4.40. The fourth-order valence-electron chi connectivity index (χ4n) is 2.81. The van der Waals surface area contributed by atoms with E-state index in [2.05, 4.69) is 32.2 Å². The monoisotopic (exact) mass is 349 g/mol. The van der Waals surface area contributed by atoms with E-state index in [1.807, 2.05) is 24.4 Å². The highest BCUT2D eigenvalue weighted by Crippen LogP contribution is 2.19. The Hall–Kier alpha value is -1.77. The lowest BCUT2D eigenvalue weighted by Crippen LogP contribution is -2.49. The van der Waals surface area contributed by atoms with Gasteiger partial charge in [0.15, 0.2) is 5.82 Å². The average Bonchev–Trinajstić information content (AvgIpc) is 3.24. The number of amides is 1. The minimum absolute atomic E-state index is 0.0809. The van der Waals surface area contributed by atoms with Crippen molar-refractivity contribution in [3.63, 3.8) is 0 Å². The second-order valence-electron chi connectivity index (χ2n) is 6.02. The zero-order valence-corrected chi connectivity index (χ0v) is 14.9. The van der Waals surface area contributed by atoms with Gasteiger partial charge in [-0.15, -0.1) is 11.3 Å². The number of nitrogens with one attached hydrogen (secondary N) is 1. The zero-order valence-electron chi connectivity index (χ0n) is 14.1. The van der Waals surface area contributed by atoms with Crippen molar-refractivity contribution in [3.05, 3.63) is 34.1 Å². The smallest absolute Gasteiger partial charge is 0.243 e. The van der Waals surface area contributed by atoms with Gasteiger partial charge in [-0.25, -0.2) is 0 Å². The first-order valence-electron chi connectivity index (χ1n) is 8.17. The quantitative estimate of drug-likeness (QED) is 0.850. The van der Waals surface area contributed by atoms with Crippen LogP contribution in [-0.2, 0) is 11.3 Å². The molecule has 0 radical (unpaired) electrons. The van der Waals surface area contributed by atoms with Gasteiger partial charge in [-0.3, -0.25) is 14.6 Å². The lowest BCUT2D eigenvalue weighted by molar-refractivity contribution is -0.122. The van der Waals surface area contributed by atoms with Gasteiger partial charge in [0, 0.05) is 31.1 Å². The van der Waals surface area contributed by atoms with E-state index in [1.54, 1.807) is 11.3 Å². The summed E-state index contributed by atoms with van der Waals surface area (Å²) in [5, 5.41) is 8.85. The summed E-state index contributed by atoms with van der Waals surface area (Å²) in [6.07, 6.45) is 0. The fourth-order valence-corrected chi connectivity index (χ4v) is 3.45. The summed E-state index contributed by atoms with van der Waals surface area (Å²) in [6.45, 7) is 8.48. The van der Waals surface area contributed by atoms with Gasteiger partial charge in [-0.1, -0.05) is 11.2 Å². The zero-order chi connectivity index (χ0) is 16.9. The molecule has 1 fully saturated rings. The van der Waals surface area contributed by atoms with Crippen LogP contribution in [0.1, 0.15) is 29.6 Å². The molecular weight excluding hydrogens is 326 g/mol. The number of aromatic nitrogens is 2. The molecule has 1 atom stereocenters. The van der Waals surface area contributed by atoms with E-state index in [0.29, 0.717) is 24.8 Å². The maximum atomic E-state index is 12.1. The third-order valence-electron chi connectivity index (χ3n) is 4.26. The van der Waals surface area contributed by atoms with Crippen LogP contribution in [0.3, 0.4) is 0 Å². The van der Waals surface area contributed by atoms with Gasteiger partial charge in [0.05, 0.1) is 19.1 Å². The van der Waals surface area contributed by atoms with Gasteiger partial charge in [-0.2, -0.15) is 4.98 Å². The summed E-state index contributed by atoms with van der Waals surface area (Å²) < 4.78 is 5.26. The largest absolute Gasteiger partial charge is 0.350 e. The molecule has 3 rings (SSSR count). The number of nitrogens with zero attached hydrogens (tertiary/aromatic N) is 4. The predicted octanol–water partition coefficient (Wildman–Crippen LogP) is 1.43. The molecule has 24 heavy (non-hydrogen) atoms. The number of rotatable bonds is 6. The molecule has 0 bridgehead atoms. The number of hydrogen-bond acceptors (Lipinski definition) is 7. The van der Waals surface area contributed by atoms with Crippen LogP contribution in [0.15, 0.2) is 22.0 Å². The summed E-state index contributed by atoms with van der Waals surface area (Å²) in [7, 11) is 0. The van der Waals surface area contributed by atoms with Crippen molar-refractivity contribution in [2.45, 2.75) is 26.4 Å². The van der Waals surface area contributed by atoms with Crippen molar-refractivity contribution in [3.8, 4) is 0 Å². The fraction of sp³-hybridized carbons (Fsp3) is 0.562. The average molecular weight is 349 g/mol. The third-order valence-corrected chi connectivity index (χ3v) is 5.14. The predicted molar refractivity (Wildman–Crippen MR) is 91.6 cm³/mol. The molecular formula is C16H23N5O2S. The Kier molecular flexibility index (Phi) is 5.60. The topological polar surface area (TPSA) is 74.5 Å². The van der Waals surface area contributed by atoms with E-state index < -0.39 is 0 Å². The number of carbonyl (C=O) groups is 1. The molecule has 1 amide bonds. The van der Waals surface area contributed by atoms with E-state index in [4.69, 9.17) is 4.52 Å². The lowest BCUT2D eigenvalue weighted by atomic mass is 10.2. The standard InChI is InChI=1S/C16H23N5O2S/c1-12(16-18-13(2)19-23-16)21-7-5-20(6-8-21)11-15(22)17-10-14-4-3-9-24-14/h3-4,9,12H,5-8,10-11H2,1-2H3,(H,17,22). The van der Waals surface area contributed by atoms with Crippen LogP contribution in [0.4, 0.5) is 0 Å². The summed E-state index contributed by atoms with van der Waals surface area (Å²) in [4.78, 5) is 22.0. The van der Waals surface area contributed by atoms with E-state index in [-0.39, 0.29) is 11.9 Å². The number of hydrogen-bond donors (Lipinski definition) is 1. The summed E-state index contributed by atoms with van der Waals surface area (Å²) in [6, 6.07) is 4.14. The van der Waals surface area contributed by atoms with E-state index in [1.165, 1.54) is 4.88 Å². The normalized spacial score (nSPS) is 17.8. The van der Waals surface area contributed by atoms with Crippen LogP contribution in [0.2, 0.25) is 0 Å². The van der Waals surface area contributed by atoms with Crippen LogP contribution in [0.5, 0.6) is 0 Å². The maximum absolute atomic E-state index is 12.1. The summed E-state index contributed by atoms with van der Waals surface area (Å²) in [5.74, 6) is 1.41. The van der Waals surface area contributed by atoms with Gasteiger partial charge < -0.3 is 9.84 Å². The molecule has 0 aliphatic carbocycles. The van der Waals surface area contributed by atoms with Crippen molar-refractivity contribution in [2.24, 2.45) is 0 Å². The minimum atomic E-state index is 0.0809. The second kappa shape index (κ2) is 7.87. The molecule has 1 N–H and O–H groups in total. The summed E-state index contributed by atoms with van der Waals surface area (Å²) >= 11 is 1.66. The van der Waals surface area contributed by atoms with E-state index in [9.17, 15) is 4.79 Å². The Bertz CT molecular complexity index is 649. The van der Waals surface area contributed by atoms with Crippen LogP contribution < -0.4 is 5.32 Å². The Morgan fingerprint density at radius 3 is 2.83 bits per heavy atom. The Labute approximate surface area is 145 Å². The molecule has 8 heteroatoms. The molecule has 0 aromatic carbocycles. The molecule has 2 aromatic heterocycles. The van der Waals surface area contributed by atoms with Crippen LogP contribution in [-0.4, -0.2) is 58.6 Å². The van der Waals surface area contributed by atoms with Crippen molar-refractivity contribution in [1.82, 2.24) is 25.3 Å². The Morgan fingerprint density at radius 2 is 2.21 bits per heavy atom. The van der Waals surface area contributed by atoms with Crippen molar-refractivity contribution < 1.29 is 9.32 Å². The van der Waals surface area contributed by atoms with Gasteiger partial charge in [-0.05, 0) is 25.3 Å². The first-order chi connectivity index (χ1) is 11.6. The van der Waals surface area contributed by atoms with Crippen molar-refractivity contribution in [1.29, 1.82) is 0 Å². The van der Waals surface area contributed by atoms with Crippen LogP contribution in [0.25, 0.3) is 0 Å². The molecule has 1 saturated heterocycles. The molecule has 3 heterocycles. The molecule has 130 valence electrons. The highest BCUT2D eigenvalue weighted by molar-refractivity contribution is 7.09. The van der Waals surface area contributed by atoms with Crippen molar-refractivity contribution >= 4 is 17.2 Å². The minimum Gasteiger partial charge on any atom is -0.350 e. The van der Waals surface area contributed by atoms with Gasteiger partial charge in [0.2, 0.25) is 11.8 Å². The molecule has 1 aliphatic heterocycles. The number of carbonyl (C=O) groups excluding carboxylic acids is 1. The van der Waals surface area contributed by atoms with Crippen LogP contribution >= 0.6 is 11.3 Å². The maximum Gasteiger partial charge on any atom is 0.243 e. The molecule has 2 aromatic rings. The van der Waals surface area contributed by atoms with Crippen LogP contribution in [0, 0.1) is 6.92 Å². The second-order valence-corrected chi connectivity index (χ2v) is 7.06. The SMILES string of the molecule is Cc1noc(C(C)N2CCN(CC(=O)NCc3cccs3)CC2)n1. The van der Waals surface area contributed by atoms with Gasteiger partial charge in [0.1, 0.15) is 0 Å². The van der Waals surface area contributed by atoms with Gasteiger partial charge in [0.25, 0.3) is 0 Å². The Morgan fingerprint density at radius 1 is 1.42 bits per heavy atom. The highest BCUT2D eigenvalue weighted by atomic mass is 32.1. The van der Waals surface area contributed by atoms with Gasteiger partial charge >= 0.3 is 0 Å². The van der Waals surface area contributed by atoms with Crippen molar-refractivity contribution in [2.75, 3.05) is 32.7 Å². The molecule has 0 saturated carbocycles. The Balaban J connectivity index is 1.40. The lowest BCUT2D eigenvalue weighted by Gasteiger charge is -2.36. The molecule has 7 nitrogen and oxygen atoms in total. The molecule has 1 unspecified atom stereocenters. The first kappa shape index (κ1) is 17.1.